The Kier molecular flexibility index (Phi) is 3.62. The van der Waals surface area contributed by atoms with Crippen molar-refractivity contribution in [3.8, 4) is 0 Å². The molecule has 2 heterocycles. The molecule has 0 spiro atoms. The molecule has 2 nitrogen and oxygen atoms in total. The van der Waals surface area contributed by atoms with Crippen LogP contribution in [0.5, 0.6) is 0 Å². The van der Waals surface area contributed by atoms with Gasteiger partial charge in [0.15, 0.2) is 0 Å². The van der Waals surface area contributed by atoms with Gasteiger partial charge in [-0.1, -0.05) is 24.3 Å². The van der Waals surface area contributed by atoms with Gasteiger partial charge >= 0.3 is 0 Å². The highest BCUT2D eigenvalue weighted by atomic mass is 19.1. The number of rotatable bonds is 4. The molecular weight excluding hydrogens is 229 g/mol. The number of halogens is 1. The molecule has 0 aromatic heterocycles. The maximum absolute atomic E-state index is 12.4. The zero-order chi connectivity index (χ0) is 12.4. The summed E-state index contributed by atoms with van der Waals surface area (Å²) in [6, 6.07) is 8.94. The van der Waals surface area contributed by atoms with Gasteiger partial charge in [0.25, 0.3) is 0 Å². The van der Waals surface area contributed by atoms with Crippen LogP contribution < -0.4 is 5.32 Å². The van der Waals surface area contributed by atoms with Gasteiger partial charge in [0.05, 0.1) is 12.7 Å². The molecule has 2 fully saturated rings. The van der Waals surface area contributed by atoms with Crippen LogP contribution in [-0.2, 0) is 18.0 Å². The predicted molar refractivity (Wildman–Crippen MR) is 69.0 cm³/mol. The van der Waals surface area contributed by atoms with Gasteiger partial charge in [0.2, 0.25) is 0 Å². The van der Waals surface area contributed by atoms with Gasteiger partial charge in [0.1, 0.15) is 6.67 Å². The summed E-state index contributed by atoms with van der Waals surface area (Å²) in [5, 5.41) is 3.61. The largest absolute Gasteiger partial charge is 0.373 e. The van der Waals surface area contributed by atoms with E-state index in [0.717, 1.165) is 24.0 Å². The van der Waals surface area contributed by atoms with E-state index in [1.165, 1.54) is 12.8 Å². The highest BCUT2D eigenvalue weighted by molar-refractivity contribution is 5.21. The van der Waals surface area contributed by atoms with Crippen LogP contribution in [0.25, 0.3) is 0 Å². The van der Waals surface area contributed by atoms with Crippen molar-refractivity contribution >= 4 is 0 Å². The maximum Gasteiger partial charge on any atom is 0.115 e. The fraction of sp³-hybridized carbons (Fsp3) is 0.600. The van der Waals surface area contributed by atoms with E-state index in [-0.39, 0.29) is 0 Å². The number of alkyl halides is 1. The molecule has 0 amide bonds. The first-order valence-electron chi connectivity index (χ1n) is 6.85. The Labute approximate surface area is 108 Å². The van der Waals surface area contributed by atoms with E-state index >= 15 is 0 Å². The molecule has 1 aromatic carbocycles. The van der Waals surface area contributed by atoms with Crippen molar-refractivity contribution in [1.29, 1.82) is 0 Å². The Bertz CT molecular complexity index is 380. The zero-order valence-electron chi connectivity index (χ0n) is 10.6. The minimum absolute atomic E-state index is 0.390. The van der Waals surface area contributed by atoms with Crippen LogP contribution >= 0.6 is 0 Å². The van der Waals surface area contributed by atoms with Crippen LogP contribution in [0.4, 0.5) is 4.39 Å². The van der Waals surface area contributed by atoms with Gasteiger partial charge in [-0.3, -0.25) is 0 Å². The van der Waals surface area contributed by atoms with Crippen molar-refractivity contribution < 1.29 is 9.13 Å². The molecule has 98 valence electrons. The van der Waals surface area contributed by atoms with E-state index in [9.17, 15) is 4.39 Å². The first-order valence-corrected chi connectivity index (χ1v) is 6.85. The summed E-state index contributed by atoms with van der Waals surface area (Å²) in [5.74, 6) is 0. The summed E-state index contributed by atoms with van der Waals surface area (Å²) in [4.78, 5) is 0. The Morgan fingerprint density at radius 3 is 2.28 bits per heavy atom. The van der Waals surface area contributed by atoms with Crippen LogP contribution in [0.15, 0.2) is 24.3 Å². The highest BCUT2D eigenvalue weighted by Crippen LogP contribution is 2.28. The Morgan fingerprint density at radius 1 is 1.06 bits per heavy atom. The average Bonchev–Trinajstić information content (AvgIpc) is 2.76. The number of piperidine rings is 1. The molecule has 2 atom stereocenters. The van der Waals surface area contributed by atoms with Crippen molar-refractivity contribution in [3.63, 3.8) is 0 Å². The van der Waals surface area contributed by atoms with E-state index < -0.39 is 6.67 Å². The van der Waals surface area contributed by atoms with Crippen LogP contribution in [0.1, 0.15) is 36.8 Å². The van der Waals surface area contributed by atoms with Crippen LogP contribution in [0, 0.1) is 0 Å². The number of hydrogen-bond donors (Lipinski definition) is 1. The minimum Gasteiger partial charge on any atom is -0.373 e. The summed E-state index contributed by atoms with van der Waals surface area (Å²) in [6.07, 6.45) is 5.27. The van der Waals surface area contributed by atoms with E-state index in [1.54, 1.807) is 0 Å². The summed E-state index contributed by atoms with van der Waals surface area (Å²) in [7, 11) is 0. The zero-order valence-corrected chi connectivity index (χ0v) is 10.6. The molecule has 2 bridgehead atoms. The van der Waals surface area contributed by atoms with Crippen LogP contribution in [0.3, 0.4) is 0 Å². The number of hydrogen-bond acceptors (Lipinski definition) is 2. The smallest absolute Gasteiger partial charge is 0.115 e. The van der Waals surface area contributed by atoms with Crippen molar-refractivity contribution in [3.05, 3.63) is 35.4 Å². The molecule has 2 aliphatic rings. The topological polar surface area (TPSA) is 21.3 Å². The summed E-state index contributed by atoms with van der Waals surface area (Å²) in [6.45, 7) is 0.259. The van der Waals surface area contributed by atoms with E-state index in [4.69, 9.17) is 4.74 Å². The number of fused-ring (bicyclic) bond motifs is 2. The Balaban J connectivity index is 1.51. The van der Waals surface area contributed by atoms with Crippen molar-refractivity contribution in [2.45, 2.75) is 57.2 Å². The predicted octanol–water partition coefficient (Wildman–Crippen LogP) is 2.96. The van der Waals surface area contributed by atoms with Crippen molar-refractivity contribution in [2.24, 2.45) is 0 Å². The third kappa shape index (κ3) is 2.73. The number of nitrogens with one attached hydrogen (secondary N) is 1. The molecule has 1 N–H and O–H groups in total. The van der Waals surface area contributed by atoms with Crippen molar-refractivity contribution in [1.82, 2.24) is 5.32 Å². The molecule has 0 saturated carbocycles. The molecule has 3 rings (SSSR count). The van der Waals surface area contributed by atoms with E-state index in [1.807, 2.05) is 24.3 Å². The number of ether oxygens (including phenoxy) is 1. The van der Waals surface area contributed by atoms with E-state index in [0.29, 0.717) is 24.8 Å². The molecular formula is C15H20FNO. The molecule has 2 unspecified atom stereocenters. The molecule has 2 saturated heterocycles. The summed E-state index contributed by atoms with van der Waals surface area (Å²) >= 11 is 0. The second kappa shape index (κ2) is 5.37. The van der Waals surface area contributed by atoms with Gasteiger partial charge in [-0.15, -0.1) is 0 Å². The third-order valence-electron chi connectivity index (χ3n) is 4.09. The molecule has 0 aliphatic carbocycles. The van der Waals surface area contributed by atoms with Gasteiger partial charge in [0, 0.05) is 12.1 Å². The van der Waals surface area contributed by atoms with Gasteiger partial charge < -0.3 is 10.1 Å². The highest BCUT2D eigenvalue weighted by Gasteiger charge is 2.33. The van der Waals surface area contributed by atoms with Crippen molar-refractivity contribution in [2.75, 3.05) is 0 Å². The monoisotopic (exact) mass is 249 g/mol. The fourth-order valence-electron chi connectivity index (χ4n) is 3.08. The SMILES string of the molecule is FCc1ccc(COC2CC3CCC(C2)N3)cc1. The first-order chi connectivity index (χ1) is 8.83. The summed E-state index contributed by atoms with van der Waals surface area (Å²) < 4.78 is 18.4. The Morgan fingerprint density at radius 2 is 1.67 bits per heavy atom. The molecule has 0 radical (unpaired) electrons. The van der Waals surface area contributed by atoms with E-state index in [2.05, 4.69) is 5.32 Å². The molecule has 1 aromatic rings. The van der Waals surface area contributed by atoms with Gasteiger partial charge in [-0.25, -0.2) is 4.39 Å². The lowest BCUT2D eigenvalue weighted by Gasteiger charge is -2.29. The normalized spacial score (nSPS) is 30.6. The molecule has 18 heavy (non-hydrogen) atoms. The number of benzene rings is 1. The first kappa shape index (κ1) is 12.1. The fourth-order valence-corrected chi connectivity index (χ4v) is 3.08. The average molecular weight is 249 g/mol. The standard InChI is InChI=1S/C15H20FNO/c16-9-11-1-3-12(4-2-11)10-18-15-7-13-5-6-14(8-15)17-13/h1-4,13-15,17H,5-10H2. The maximum atomic E-state index is 12.4. The second-order valence-corrected chi connectivity index (χ2v) is 5.49. The van der Waals surface area contributed by atoms with Crippen LogP contribution in [-0.4, -0.2) is 18.2 Å². The third-order valence-corrected chi connectivity index (χ3v) is 4.09. The minimum atomic E-state index is -0.390. The quantitative estimate of drug-likeness (QED) is 0.885. The van der Waals surface area contributed by atoms with Crippen LogP contribution in [0.2, 0.25) is 0 Å². The molecule has 2 aliphatic heterocycles. The lowest BCUT2D eigenvalue weighted by molar-refractivity contribution is 0.00916. The van der Waals surface area contributed by atoms with Gasteiger partial charge in [-0.05, 0) is 36.8 Å². The summed E-state index contributed by atoms with van der Waals surface area (Å²) in [5.41, 5.74) is 1.87. The lowest BCUT2D eigenvalue weighted by Crippen LogP contribution is -2.41. The lowest BCUT2D eigenvalue weighted by atomic mass is 10.0. The Hall–Kier alpha value is -0.930. The van der Waals surface area contributed by atoms with Gasteiger partial charge in [-0.2, -0.15) is 0 Å². The molecule has 3 heteroatoms. The second-order valence-electron chi connectivity index (χ2n) is 5.49.